The Labute approximate surface area is 87.9 Å². The Kier molecular flexibility index (Phi) is 3.29. The minimum absolute atomic E-state index is 0.279. The van der Waals surface area contributed by atoms with Crippen molar-refractivity contribution in [2.75, 3.05) is 7.11 Å². The van der Waals surface area contributed by atoms with Crippen molar-refractivity contribution >= 4 is 17.3 Å². The first-order valence-corrected chi connectivity index (χ1v) is 5.25. The molecule has 0 spiro atoms. The standard InChI is InChI=1S/C10H15NO2S/c1-10(2,9(12)13-3)8(11)7-5-4-6-14-7/h4-6,8H,11H2,1-3H3/t8-/m0/s1. The quantitative estimate of drug-likeness (QED) is 0.781. The van der Waals surface area contributed by atoms with Crippen LogP contribution in [0.4, 0.5) is 0 Å². The van der Waals surface area contributed by atoms with E-state index in [9.17, 15) is 4.79 Å². The lowest BCUT2D eigenvalue weighted by Crippen LogP contribution is -2.36. The Balaban J connectivity index is 2.88. The average Bonchev–Trinajstić information content (AvgIpc) is 2.67. The van der Waals surface area contributed by atoms with Crippen LogP contribution in [-0.2, 0) is 9.53 Å². The molecule has 0 unspecified atom stereocenters. The lowest BCUT2D eigenvalue weighted by Gasteiger charge is -2.27. The van der Waals surface area contributed by atoms with Gasteiger partial charge in [0.05, 0.1) is 18.6 Å². The van der Waals surface area contributed by atoms with Crippen LogP contribution in [0.1, 0.15) is 24.8 Å². The molecule has 0 fully saturated rings. The van der Waals surface area contributed by atoms with Crippen LogP contribution in [-0.4, -0.2) is 13.1 Å². The molecule has 2 N–H and O–H groups in total. The predicted molar refractivity (Wildman–Crippen MR) is 57.0 cm³/mol. The summed E-state index contributed by atoms with van der Waals surface area (Å²) in [6, 6.07) is 3.54. The van der Waals surface area contributed by atoms with Gasteiger partial charge in [0.15, 0.2) is 0 Å². The molecule has 14 heavy (non-hydrogen) atoms. The van der Waals surface area contributed by atoms with Crippen molar-refractivity contribution in [1.82, 2.24) is 0 Å². The maximum atomic E-state index is 11.5. The van der Waals surface area contributed by atoms with Gasteiger partial charge in [-0.15, -0.1) is 11.3 Å². The minimum Gasteiger partial charge on any atom is -0.469 e. The number of methoxy groups -OCH3 is 1. The summed E-state index contributed by atoms with van der Waals surface area (Å²) < 4.78 is 4.72. The molecule has 1 aromatic heterocycles. The molecule has 1 rings (SSSR count). The van der Waals surface area contributed by atoms with Gasteiger partial charge >= 0.3 is 5.97 Å². The van der Waals surface area contributed by atoms with E-state index in [1.165, 1.54) is 7.11 Å². The second-order valence-electron chi connectivity index (χ2n) is 3.71. The fourth-order valence-electron chi connectivity index (χ4n) is 1.21. The first-order chi connectivity index (χ1) is 6.50. The Hall–Kier alpha value is -0.870. The Morgan fingerprint density at radius 1 is 1.64 bits per heavy atom. The highest BCUT2D eigenvalue weighted by Gasteiger charge is 2.36. The second kappa shape index (κ2) is 4.11. The topological polar surface area (TPSA) is 52.3 Å². The molecule has 0 saturated heterocycles. The molecule has 0 saturated carbocycles. The van der Waals surface area contributed by atoms with Crippen molar-refractivity contribution < 1.29 is 9.53 Å². The van der Waals surface area contributed by atoms with E-state index in [2.05, 4.69) is 0 Å². The number of nitrogens with two attached hydrogens (primary N) is 1. The zero-order chi connectivity index (χ0) is 10.8. The molecule has 1 aromatic rings. The summed E-state index contributed by atoms with van der Waals surface area (Å²) >= 11 is 1.55. The molecule has 0 aliphatic carbocycles. The van der Waals surface area contributed by atoms with E-state index in [0.717, 1.165) is 4.88 Å². The zero-order valence-electron chi connectivity index (χ0n) is 8.61. The molecule has 0 aromatic carbocycles. The molecule has 78 valence electrons. The Morgan fingerprint density at radius 3 is 2.71 bits per heavy atom. The molecule has 1 atom stereocenters. The summed E-state index contributed by atoms with van der Waals surface area (Å²) in [7, 11) is 1.38. The normalized spacial score (nSPS) is 13.7. The molecule has 0 radical (unpaired) electrons. The van der Waals surface area contributed by atoms with Crippen molar-refractivity contribution in [3.05, 3.63) is 22.4 Å². The lowest BCUT2D eigenvalue weighted by atomic mass is 9.84. The van der Waals surface area contributed by atoms with Gasteiger partial charge in [0, 0.05) is 4.88 Å². The van der Waals surface area contributed by atoms with Crippen molar-refractivity contribution in [3.8, 4) is 0 Å². The van der Waals surface area contributed by atoms with Gasteiger partial charge in [0.2, 0.25) is 0 Å². The van der Waals surface area contributed by atoms with Gasteiger partial charge in [0.1, 0.15) is 0 Å². The van der Waals surface area contributed by atoms with Crippen LogP contribution < -0.4 is 5.73 Å². The number of carbonyl (C=O) groups excluding carboxylic acids is 1. The highest BCUT2D eigenvalue weighted by atomic mass is 32.1. The number of rotatable bonds is 3. The monoisotopic (exact) mass is 213 g/mol. The highest BCUT2D eigenvalue weighted by Crippen LogP contribution is 2.34. The average molecular weight is 213 g/mol. The SMILES string of the molecule is COC(=O)C(C)(C)[C@@H](N)c1cccs1. The summed E-state index contributed by atoms with van der Waals surface area (Å²) in [6.07, 6.45) is 0. The number of thiophene rings is 1. The van der Waals surface area contributed by atoms with Crippen LogP contribution in [0.2, 0.25) is 0 Å². The largest absolute Gasteiger partial charge is 0.469 e. The van der Waals surface area contributed by atoms with Crippen LogP contribution in [0.15, 0.2) is 17.5 Å². The maximum Gasteiger partial charge on any atom is 0.313 e. The van der Waals surface area contributed by atoms with Crippen molar-refractivity contribution in [1.29, 1.82) is 0 Å². The molecule has 1 heterocycles. The van der Waals surface area contributed by atoms with Crippen molar-refractivity contribution in [2.24, 2.45) is 11.1 Å². The van der Waals surface area contributed by atoms with Gasteiger partial charge in [-0.05, 0) is 25.3 Å². The number of ether oxygens (including phenoxy) is 1. The Bertz CT molecular complexity index is 306. The minimum atomic E-state index is -0.681. The molecular formula is C10H15NO2S. The molecule has 0 amide bonds. The van der Waals surface area contributed by atoms with E-state index in [0.29, 0.717) is 0 Å². The maximum absolute atomic E-state index is 11.5. The van der Waals surface area contributed by atoms with Crippen LogP contribution >= 0.6 is 11.3 Å². The van der Waals surface area contributed by atoms with Gasteiger partial charge in [0.25, 0.3) is 0 Å². The van der Waals surface area contributed by atoms with E-state index >= 15 is 0 Å². The molecular weight excluding hydrogens is 198 g/mol. The fraction of sp³-hybridized carbons (Fsp3) is 0.500. The summed E-state index contributed by atoms with van der Waals surface area (Å²) in [5.74, 6) is -0.279. The van der Waals surface area contributed by atoms with Gasteiger partial charge in [-0.3, -0.25) is 4.79 Å². The van der Waals surface area contributed by atoms with Crippen molar-refractivity contribution in [2.45, 2.75) is 19.9 Å². The van der Waals surface area contributed by atoms with Crippen LogP contribution in [0.3, 0.4) is 0 Å². The predicted octanol–water partition coefficient (Wildman–Crippen LogP) is 1.95. The van der Waals surface area contributed by atoms with Crippen molar-refractivity contribution in [3.63, 3.8) is 0 Å². The summed E-state index contributed by atoms with van der Waals surface area (Å²) in [5.41, 5.74) is 5.32. The second-order valence-corrected chi connectivity index (χ2v) is 4.69. The molecule has 4 heteroatoms. The smallest absolute Gasteiger partial charge is 0.313 e. The third kappa shape index (κ3) is 1.96. The summed E-state index contributed by atoms with van der Waals surface area (Å²) in [5, 5.41) is 1.95. The molecule has 0 bridgehead atoms. The molecule has 3 nitrogen and oxygen atoms in total. The molecule has 0 aliphatic rings. The number of hydrogen-bond acceptors (Lipinski definition) is 4. The van der Waals surface area contributed by atoms with Gasteiger partial charge in [-0.1, -0.05) is 6.07 Å². The lowest BCUT2D eigenvalue weighted by molar-refractivity contribution is -0.152. The first kappa shape index (κ1) is 11.2. The zero-order valence-corrected chi connectivity index (χ0v) is 9.43. The summed E-state index contributed by atoms with van der Waals surface area (Å²) in [6.45, 7) is 3.59. The number of esters is 1. The van der Waals surface area contributed by atoms with Crippen LogP contribution in [0.25, 0.3) is 0 Å². The van der Waals surface area contributed by atoms with Crippen LogP contribution in [0.5, 0.6) is 0 Å². The van der Waals surface area contributed by atoms with Gasteiger partial charge < -0.3 is 10.5 Å². The number of carbonyl (C=O) groups is 1. The highest BCUT2D eigenvalue weighted by molar-refractivity contribution is 7.10. The van der Waals surface area contributed by atoms with E-state index in [1.54, 1.807) is 25.2 Å². The fourth-order valence-corrected chi connectivity index (χ4v) is 2.13. The van der Waals surface area contributed by atoms with E-state index in [1.807, 2.05) is 17.5 Å². The number of hydrogen-bond donors (Lipinski definition) is 1. The van der Waals surface area contributed by atoms with Gasteiger partial charge in [-0.2, -0.15) is 0 Å². The third-order valence-electron chi connectivity index (χ3n) is 2.34. The van der Waals surface area contributed by atoms with E-state index < -0.39 is 5.41 Å². The van der Waals surface area contributed by atoms with Crippen LogP contribution in [0, 0.1) is 5.41 Å². The summed E-state index contributed by atoms with van der Waals surface area (Å²) in [4.78, 5) is 12.5. The van der Waals surface area contributed by atoms with Gasteiger partial charge in [-0.25, -0.2) is 0 Å². The molecule has 0 aliphatic heterocycles. The third-order valence-corrected chi connectivity index (χ3v) is 3.29. The van der Waals surface area contributed by atoms with E-state index in [-0.39, 0.29) is 12.0 Å². The van der Waals surface area contributed by atoms with E-state index in [4.69, 9.17) is 10.5 Å². The first-order valence-electron chi connectivity index (χ1n) is 4.37. The Morgan fingerprint density at radius 2 is 2.29 bits per heavy atom.